The second kappa shape index (κ2) is 11.9. The molecule has 2 atom stereocenters. The number of benzene rings is 4. The second-order valence-electron chi connectivity index (χ2n) is 10.8. The second-order valence-corrected chi connectivity index (χ2v) is 10.8. The Labute approximate surface area is 242 Å². The van der Waals surface area contributed by atoms with Gasteiger partial charge < -0.3 is 15.8 Å². The van der Waals surface area contributed by atoms with Crippen LogP contribution in [0.25, 0.3) is 11.1 Å². The van der Waals surface area contributed by atoms with Gasteiger partial charge in [-0.05, 0) is 84.0 Å². The van der Waals surface area contributed by atoms with Crippen molar-refractivity contribution in [1.29, 1.82) is 5.26 Å². The van der Waals surface area contributed by atoms with Crippen molar-refractivity contribution in [2.45, 2.75) is 44.4 Å². The lowest BCUT2D eigenvalue weighted by molar-refractivity contribution is -0.150. The van der Waals surface area contributed by atoms with Crippen LogP contribution in [-0.2, 0) is 29.0 Å². The first-order valence-corrected chi connectivity index (χ1v) is 13.6. The van der Waals surface area contributed by atoms with Crippen molar-refractivity contribution in [1.82, 2.24) is 5.32 Å². The van der Waals surface area contributed by atoms with Gasteiger partial charge >= 0.3 is 5.97 Å². The van der Waals surface area contributed by atoms with E-state index < -0.39 is 29.3 Å². The fourth-order valence-corrected chi connectivity index (χ4v) is 5.22. The van der Waals surface area contributed by atoms with Crippen LogP contribution in [0.1, 0.15) is 57.6 Å². The summed E-state index contributed by atoms with van der Waals surface area (Å²) in [6, 6.07) is 24.2. The number of esters is 1. The van der Waals surface area contributed by atoms with E-state index >= 15 is 0 Å². The fourth-order valence-electron chi connectivity index (χ4n) is 5.22. The Morgan fingerprint density at radius 2 is 1.64 bits per heavy atom. The van der Waals surface area contributed by atoms with Crippen molar-refractivity contribution in [3.8, 4) is 17.2 Å². The number of rotatable bonds is 2. The number of carbonyl (C=O) groups is 2. The van der Waals surface area contributed by atoms with Crippen LogP contribution in [-0.4, -0.2) is 17.4 Å². The van der Waals surface area contributed by atoms with E-state index in [-0.39, 0.29) is 30.0 Å². The molecule has 0 saturated heterocycles. The summed E-state index contributed by atoms with van der Waals surface area (Å²) in [7, 11) is 0. The highest BCUT2D eigenvalue weighted by molar-refractivity contribution is 5.96. The topological polar surface area (TPSA) is 105 Å². The fraction of sp³-hybridized carbons (Fsp3) is 0.206. The molecule has 0 aromatic heterocycles. The minimum absolute atomic E-state index is 0.167. The number of nitrogens with one attached hydrogen (secondary N) is 1. The van der Waals surface area contributed by atoms with E-state index in [4.69, 9.17) is 10.5 Å². The number of aryl methyl sites for hydroxylation is 1. The number of cyclic esters (lactones) is 1. The molecule has 5 rings (SSSR count). The number of nitriles is 1. The summed E-state index contributed by atoms with van der Waals surface area (Å²) in [5.74, 6) is -2.12. The number of nitrogens with two attached hydrogens (primary N) is 1. The molecule has 1 heterocycles. The number of ether oxygens (including phenoxy) is 1. The number of nitrogens with zero attached hydrogens (tertiary/aromatic N) is 1. The molecule has 4 aromatic rings. The molecule has 2 unspecified atom stereocenters. The van der Waals surface area contributed by atoms with E-state index in [9.17, 15) is 23.6 Å². The van der Waals surface area contributed by atoms with Gasteiger partial charge in [-0.25, -0.2) is 8.78 Å². The zero-order valence-corrected chi connectivity index (χ0v) is 23.0. The van der Waals surface area contributed by atoms with Crippen LogP contribution in [0.2, 0.25) is 0 Å². The molecule has 42 heavy (non-hydrogen) atoms. The number of fused-ring (bicyclic) bond motifs is 4. The minimum Gasteiger partial charge on any atom is -0.459 e. The van der Waals surface area contributed by atoms with E-state index in [0.29, 0.717) is 29.5 Å². The Morgan fingerprint density at radius 3 is 2.40 bits per heavy atom. The molecule has 1 amide bonds. The van der Waals surface area contributed by atoms with Crippen molar-refractivity contribution in [3.63, 3.8) is 0 Å². The lowest BCUT2D eigenvalue weighted by Crippen LogP contribution is -2.48. The average Bonchev–Trinajstić information content (AvgIpc) is 2.97. The summed E-state index contributed by atoms with van der Waals surface area (Å²) in [4.78, 5) is 26.8. The Bertz CT molecular complexity index is 1690. The number of carbonyl (C=O) groups excluding carboxylic acids is 2. The van der Waals surface area contributed by atoms with Gasteiger partial charge in [0, 0.05) is 17.5 Å². The molecule has 6 nitrogen and oxygen atoms in total. The highest BCUT2D eigenvalue weighted by Gasteiger charge is 2.31. The van der Waals surface area contributed by atoms with Crippen LogP contribution in [0.15, 0.2) is 84.9 Å². The maximum Gasteiger partial charge on any atom is 0.326 e. The number of amides is 1. The maximum atomic E-state index is 14.5. The zero-order valence-electron chi connectivity index (χ0n) is 23.0. The molecule has 0 fully saturated rings. The first-order chi connectivity index (χ1) is 20.1. The van der Waals surface area contributed by atoms with Crippen molar-refractivity contribution in [2.24, 2.45) is 5.73 Å². The zero-order chi connectivity index (χ0) is 29.9. The smallest absolute Gasteiger partial charge is 0.326 e. The van der Waals surface area contributed by atoms with Crippen LogP contribution in [0, 0.1) is 23.0 Å². The molecular weight excluding hydrogens is 536 g/mol. The van der Waals surface area contributed by atoms with Gasteiger partial charge in [0.1, 0.15) is 29.8 Å². The molecule has 4 bridgehead atoms. The first kappa shape index (κ1) is 28.7. The highest BCUT2D eigenvalue weighted by Crippen LogP contribution is 2.29. The number of halogens is 2. The summed E-state index contributed by atoms with van der Waals surface area (Å²) < 4.78 is 33.8. The average molecular weight is 566 g/mol. The van der Waals surface area contributed by atoms with Crippen molar-refractivity contribution in [3.05, 3.63) is 130 Å². The minimum atomic E-state index is -1.32. The lowest BCUT2D eigenvalue weighted by atomic mass is 9.91. The Balaban J connectivity index is 1.60. The lowest BCUT2D eigenvalue weighted by Gasteiger charge is -2.24. The molecule has 0 saturated carbocycles. The van der Waals surface area contributed by atoms with Gasteiger partial charge in [-0.15, -0.1) is 0 Å². The Kier molecular flexibility index (Phi) is 8.14. The van der Waals surface area contributed by atoms with Gasteiger partial charge in [0.05, 0.1) is 11.6 Å². The van der Waals surface area contributed by atoms with Gasteiger partial charge in [-0.1, -0.05) is 48.5 Å². The first-order valence-electron chi connectivity index (χ1n) is 13.6. The Hall–Kier alpha value is -4.87. The summed E-state index contributed by atoms with van der Waals surface area (Å²) in [6.07, 6.45) is 1.34. The van der Waals surface area contributed by atoms with E-state index in [0.717, 1.165) is 16.7 Å². The molecule has 0 aliphatic carbocycles. The predicted molar refractivity (Wildman–Crippen MR) is 154 cm³/mol. The van der Waals surface area contributed by atoms with Gasteiger partial charge in [-0.3, -0.25) is 9.59 Å². The molecule has 0 spiro atoms. The molecule has 4 aromatic carbocycles. The quantitative estimate of drug-likeness (QED) is 0.294. The van der Waals surface area contributed by atoms with Crippen molar-refractivity contribution in [2.75, 3.05) is 0 Å². The molecule has 212 valence electrons. The van der Waals surface area contributed by atoms with Crippen LogP contribution < -0.4 is 11.1 Å². The molecule has 1 aliphatic rings. The van der Waals surface area contributed by atoms with E-state index in [1.165, 1.54) is 24.3 Å². The maximum absolute atomic E-state index is 14.5. The highest BCUT2D eigenvalue weighted by atomic mass is 19.1. The van der Waals surface area contributed by atoms with E-state index in [1.807, 2.05) is 30.3 Å². The standard InChI is InChI=1S/C34H29F2N3O3/c1-34(38)18-22-5-2-4-21(14-22)8-13-31(24-9-11-27(35)12-10-24)39-32(40)26-16-23(20-42-33(34)41)15-25(17-26)28-6-3-7-30(36)29(28)19-37/h2-7,9-12,14-17,31H,8,13,18,20,38H2,1H3,(H,39,40). The Morgan fingerprint density at radius 1 is 0.929 bits per heavy atom. The third-order valence-corrected chi connectivity index (χ3v) is 7.39. The molecule has 0 radical (unpaired) electrons. The van der Waals surface area contributed by atoms with Gasteiger partial charge in [0.25, 0.3) is 5.91 Å². The van der Waals surface area contributed by atoms with Crippen LogP contribution in [0.3, 0.4) is 0 Å². The van der Waals surface area contributed by atoms with Crippen molar-refractivity contribution < 1.29 is 23.1 Å². The molecule has 1 aliphatic heterocycles. The largest absolute Gasteiger partial charge is 0.459 e. The third-order valence-electron chi connectivity index (χ3n) is 7.39. The third kappa shape index (κ3) is 6.37. The van der Waals surface area contributed by atoms with Gasteiger partial charge in [0.2, 0.25) is 0 Å². The summed E-state index contributed by atoms with van der Waals surface area (Å²) in [5, 5.41) is 12.7. The van der Waals surface area contributed by atoms with Crippen LogP contribution in [0.5, 0.6) is 0 Å². The summed E-state index contributed by atoms with van der Waals surface area (Å²) in [6.45, 7) is 1.41. The van der Waals surface area contributed by atoms with Gasteiger partial charge in [-0.2, -0.15) is 5.26 Å². The predicted octanol–water partition coefficient (Wildman–Crippen LogP) is 5.92. The molecule has 8 heteroatoms. The summed E-state index contributed by atoms with van der Waals surface area (Å²) in [5.41, 5.74) is 8.91. The van der Waals surface area contributed by atoms with Crippen LogP contribution >= 0.6 is 0 Å². The van der Waals surface area contributed by atoms with E-state index in [2.05, 4.69) is 5.32 Å². The van der Waals surface area contributed by atoms with Crippen molar-refractivity contribution >= 4 is 11.9 Å². The number of hydrogen-bond donors (Lipinski definition) is 2. The molecule has 3 N–H and O–H groups in total. The normalized spacial score (nSPS) is 19.4. The van der Waals surface area contributed by atoms with Gasteiger partial charge in [0.15, 0.2) is 0 Å². The van der Waals surface area contributed by atoms with Crippen LogP contribution in [0.4, 0.5) is 8.78 Å². The number of hydrogen-bond acceptors (Lipinski definition) is 5. The van der Waals surface area contributed by atoms with E-state index in [1.54, 1.807) is 43.3 Å². The SMILES string of the molecule is CC1(N)Cc2cccc(c2)CCC(c2ccc(F)cc2)NC(=O)c2cc(cc(-c3cccc(F)c3C#N)c2)COC1=O. The monoisotopic (exact) mass is 565 g/mol. The summed E-state index contributed by atoms with van der Waals surface area (Å²) >= 11 is 0. The molecular formula is C34H29F2N3O3.